The van der Waals surface area contributed by atoms with Gasteiger partial charge in [-0.2, -0.15) is 0 Å². The molecule has 0 radical (unpaired) electrons. The first-order valence-corrected chi connectivity index (χ1v) is 2.66. The molecule has 0 saturated carbocycles. The van der Waals surface area contributed by atoms with Crippen LogP contribution in [0.1, 0.15) is 20.8 Å². The van der Waals surface area contributed by atoms with Crippen LogP contribution in [0.15, 0.2) is 4.99 Å². The Labute approximate surface area is 49.6 Å². The Balaban J connectivity index is 3.64. The van der Waals surface area contributed by atoms with E-state index >= 15 is 0 Å². The van der Waals surface area contributed by atoms with Crippen LogP contribution in [-0.4, -0.2) is 18.0 Å². The molecular weight excluding hydrogens is 102 g/mol. The second-order valence-electron chi connectivity index (χ2n) is 1.69. The van der Waals surface area contributed by atoms with Crippen molar-refractivity contribution in [3.8, 4) is 0 Å². The first-order chi connectivity index (χ1) is 3.68. The Morgan fingerprint density at radius 2 is 2.25 bits per heavy atom. The highest BCUT2D eigenvalue weighted by molar-refractivity contribution is 5.82. The SMILES string of the molecule is CC=NC(C)C(C)=O. The number of rotatable bonds is 2. The summed E-state index contributed by atoms with van der Waals surface area (Å²) >= 11 is 0. The van der Waals surface area contributed by atoms with Crippen molar-refractivity contribution in [1.29, 1.82) is 0 Å². The van der Waals surface area contributed by atoms with Gasteiger partial charge in [-0.05, 0) is 27.0 Å². The van der Waals surface area contributed by atoms with E-state index in [-0.39, 0.29) is 11.8 Å². The van der Waals surface area contributed by atoms with E-state index in [0.717, 1.165) is 0 Å². The maximum absolute atomic E-state index is 10.4. The molecule has 0 aromatic heterocycles. The summed E-state index contributed by atoms with van der Waals surface area (Å²) in [5.74, 6) is 0.114. The third kappa shape index (κ3) is 2.50. The van der Waals surface area contributed by atoms with Gasteiger partial charge in [0.2, 0.25) is 0 Å². The molecule has 0 aliphatic carbocycles. The minimum atomic E-state index is -0.153. The summed E-state index contributed by atoms with van der Waals surface area (Å²) in [5.41, 5.74) is 0. The zero-order valence-corrected chi connectivity index (χ0v) is 5.51. The third-order valence-corrected chi connectivity index (χ3v) is 0.961. The molecule has 2 heteroatoms. The lowest BCUT2D eigenvalue weighted by Crippen LogP contribution is -2.09. The molecule has 0 saturated heterocycles. The van der Waals surface area contributed by atoms with Crippen molar-refractivity contribution < 1.29 is 4.79 Å². The average Bonchev–Trinajstić information content (AvgIpc) is 1.67. The van der Waals surface area contributed by atoms with Crippen molar-refractivity contribution >= 4 is 12.0 Å². The molecule has 2 nitrogen and oxygen atoms in total. The van der Waals surface area contributed by atoms with Crippen LogP contribution in [0.3, 0.4) is 0 Å². The number of Topliss-reactive ketones (excluding diaryl/α,β-unsaturated/α-hetero) is 1. The minimum absolute atomic E-state index is 0.114. The largest absolute Gasteiger partial charge is 0.298 e. The van der Waals surface area contributed by atoms with Crippen LogP contribution in [0.2, 0.25) is 0 Å². The number of ketones is 1. The van der Waals surface area contributed by atoms with Crippen molar-refractivity contribution in [2.45, 2.75) is 26.8 Å². The Hall–Kier alpha value is -0.660. The lowest BCUT2D eigenvalue weighted by molar-refractivity contribution is -0.117. The van der Waals surface area contributed by atoms with Crippen LogP contribution < -0.4 is 0 Å². The van der Waals surface area contributed by atoms with Gasteiger partial charge < -0.3 is 0 Å². The molecule has 0 heterocycles. The maximum atomic E-state index is 10.4. The van der Waals surface area contributed by atoms with Crippen LogP contribution in [0.5, 0.6) is 0 Å². The fourth-order valence-electron chi connectivity index (χ4n) is 0.329. The van der Waals surface area contributed by atoms with Crippen molar-refractivity contribution in [3.05, 3.63) is 0 Å². The molecule has 0 aromatic rings. The van der Waals surface area contributed by atoms with Gasteiger partial charge in [-0.25, -0.2) is 0 Å². The fourth-order valence-corrected chi connectivity index (χ4v) is 0.329. The van der Waals surface area contributed by atoms with E-state index in [4.69, 9.17) is 0 Å². The van der Waals surface area contributed by atoms with E-state index in [1.165, 1.54) is 6.92 Å². The Morgan fingerprint density at radius 3 is 2.38 bits per heavy atom. The molecule has 0 spiro atoms. The summed E-state index contributed by atoms with van der Waals surface area (Å²) in [6, 6.07) is -0.153. The average molecular weight is 113 g/mol. The van der Waals surface area contributed by atoms with Crippen molar-refractivity contribution in [3.63, 3.8) is 0 Å². The molecular formula is C6H11NO. The Morgan fingerprint density at radius 1 is 1.75 bits per heavy atom. The van der Waals surface area contributed by atoms with Crippen molar-refractivity contribution in [2.24, 2.45) is 4.99 Å². The van der Waals surface area contributed by atoms with Gasteiger partial charge in [-0.15, -0.1) is 0 Å². The highest BCUT2D eigenvalue weighted by Crippen LogP contribution is 1.87. The maximum Gasteiger partial charge on any atom is 0.153 e. The molecule has 0 N–H and O–H groups in total. The predicted molar refractivity (Wildman–Crippen MR) is 34.3 cm³/mol. The Kier molecular flexibility index (Phi) is 3.08. The lowest BCUT2D eigenvalue weighted by Gasteiger charge is -1.95. The van der Waals surface area contributed by atoms with Crippen LogP contribution >= 0.6 is 0 Å². The van der Waals surface area contributed by atoms with Crippen LogP contribution in [0.4, 0.5) is 0 Å². The molecule has 0 bridgehead atoms. The summed E-state index contributed by atoms with van der Waals surface area (Å²) in [7, 11) is 0. The zero-order chi connectivity index (χ0) is 6.57. The highest BCUT2D eigenvalue weighted by Gasteiger charge is 2.00. The van der Waals surface area contributed by atoms with E-state index < -0.39 is 0 Å². The number of carbonyl (C=O) groups is 1. The summed E-state index contributed by atoms with van der Waals surface area (Å²) in [6.07, 6.45) is 1.64. The molecule has 1 atom stereocenters. The van der Waals surface area contributed by atoms with Crippen molar-refractivity contribution in [1.82, 2.24) is 0 Å². The van der Waals surface area contributed by atoms with Crippen molar-refractivity contribution in [2.75, 3.05) is 0 Å². The second kappa shape index (κ2) is 3.36. The van der Waals surface area contributed by atoms with Gasteiger partial charge in [0.15, 0.2) is 5.78 Å². The standard InChI is InChI=1S/C6H11NO/c1-4-7-5(2)6(3)8/h4-5H,1-3H3. The van der Waals surface area contributed by atoms with E-state index in [9.17, 15) is 4.79 Å². The molecule has 8 heavy (non-hydrogen) atoms. The van der Waals surface area contributed by atoms with Gasteiger partial charge in [-0.1, -0.05) is 0 Å². The molecule has 0 rings (SSSR count). The summed E-state index contributed by atoms with van der Waals surface area (Å²) < 4.78 is 0. The van der Waals surface area contributed by atoms with Gasteiger partial charge in [0.25, 0.3) is 0 Å². The first kappa shape index (κ1) is 7.34. The molecule has 0 amide bonds. The summed E-state index contributed by atoms with van der Waals surface area (Å²) in [5, 5.41) is 0. The number of carbonyl (C=O) groups excluding carboxylic acids is 1. The van der Waals surface area contributed by atoms with Crippen LogP contribution in [0, 0.1) is 0 Å². The predicted octanol–water partition coefficient (Wildman–Crippen LogP) is 1.05. The summed E-state index contributed by atoms with van der Waals surface area (Å²) in [6.45, 7) is 5.12. The topological polar surface area (TPSA) is 29.4 Å². The molecule has 0 fully saturated rings. The molecule has 0 aliphatic rings. The quantitative estimate of drug-likeness (QED) is 0.492. The minimum Gasteiger partial charge on any atom is -0.298 e. The second-order valence-corrected chi connectivity index (χ2v) is 1.69. The Bertz CT molecular complexity index is 107. The molecule has 1 unspecified atom stereocenters. The monoisotopic (exact) mass is 113 g/mol. The lowest BCUT2D eigenvalue weighted by atomic mass is 10.2. The number of hydrogen-bond donors (Lipinski definition) is 0. The smallest absolute Gasteiger partial charge is 0.153 e. The number of nitrogens with zero attached hydrogens (tertiary/aromatic N) is 1. The zero-order valence-electron chi connectivity index (χ0n) is 5.51. The van der Waals surface area contributed by atoms with Crippen LogP contribution in [-0.2, 0) is 4.79 Å². The van der Waals surface area contributed by atoms with Gasteiger partial charge in [0, 0.05) is 0 Å². The fraction of sp³-hybridized carbons (Fsp3) is 0.667. The number of aliphatic imine (C=N–C) groups is 1. The van der Waals surface area contributed by atoms with Gasteiger partial charge in [-0.3, -0.25) is 9.79 Å². The van der Waals surface area contributed by atoms with E-state index in [2.05, 4.69) is 4.99 Å². The highest BCUT2D eigenvalue weighted by atomic mass is 16.1. The molecule has 0 aromatic carbocycles. The van der Waals surface area contributed by atoms with E-state index in [1.807, 2.05) is 0 Å². The molecule has 46 valence electrons. The van der Waals surface area contributed by atoms with Gasteiger partial charge in [0.05, 0.1) is 0 Å². The van der Waals surface area contributed by atoms with E-state index in [0.29, 0.717) is 0 Å². The third-order valence-electron chi connectivity index (χ3n) is 0.961. The number of hydrogen-bond acceptors (Lipinski definition) is 2. The summed E-state index contributed by atoms with van der Waals surface area (Å²) in [4.78, 5) is 14.3. The van der Waals surface area contributed by atoms with Gasteiger partial charge in [0.1, 0.15) is 6.04 Å². The molecule has 0 aliphatic heterocycles. The van der Waals surface area contributed by atoms with E-state index in [1.54, 1.807) is 20.1 Å². The van der Waals surface area contributed by atoms with Crippen LogP contribution in [0.25, 0.3) is 0 Å². The van der Waals surface area contributed by atoms with Gasteiger partial charge >= 0.3 is 0 Å². The normalized spacial score (nSPS) is 14.4. The first-order valence-electron chi connectivity index (χ1n) is 2.66.